The van der Waals surface area contributed by atoms with Gasteiger partial charge in [0.05, 0.1) is 10.8 Å². The molecule has 1 N–H and O–H groups in total. The van der Waals surface area contributed by atoms with Crippen LogP contribution in [0.4, 0.5) is 11.4 Å². The number of benzene rings is 2. The number of carbonyl (C=O) groups excluding carboxylic acids is 2. The van der Waals surface area contributed by atoms with Crippen LogP contribution < -0.4 is 10.2 Å². The minimum Gasteiger partial charge on any atom is -0.326 e. The zero-order valence-corrected chi connectivity index (χ0v) is 20.2. The molecule has 4 rings (SSSR count). The lowest BCUT2D eigenvalue weighted by Gasteiger charge is -2.32. The fourth-order valence-corrected chi connectivity index (χ4v) is 6.27. The van der Waals surface area contributed by atoms with Crippen LogP contribution >= 0.6 is 0 Å². The lowest BCUT2D eigenvalue weighted by Crippen LogP contribution is -2.43. The lowest BCUT2D eigenvalue weighted by molar-refractivity contribution is -0.121. The molecule has 0 bridgehead atoms. The maximum absolute atomic E-state index is 13.4. The molecule has 1 saturated heterocycles. The first kappa shape index (κ1) is 23.4. The van der Waals surface area contributed by atoms with Crippen molar-refractivity contribution in [2.75, 3.05) is 29.9 Å². The van der Waals surface area contributed by atoms with E-state index in [1.54, 1.807) is 23.1 Å². The molecular formula is C25H31N3O4S. The zero-order valence-electron chi connectivity index (χ0n) is 19.4. The molecule has 2 aliphatic rings. The molecule has 7 nitrogen and oxygen atoms in total. The summed E-state index contributed by atoms with van der Waals surface area (Å²) in [6.07, 6.45) is 2.83. The highest BCUT2D eigenvalue weighted by Crippen LogP contribution is 2.32. The summed E-state index contributed by atoms with van der Waals surface area (Å²) in [5, 5.41) is 2.99. The number of piperidine rings is 1. The molecule has 33 heavy (non-hydrogen) atoms. The fraction of sp³-hybridized carbons (Fsp3) is 0.440. The Morgan fingerprint density at radius 1 is 1.03 bits per heavy atom. The van der Waals surface area contributed by atoms with Crippen LogP contribution in [0.3, 0.4) is 0 Å². The molecule has 2 amide bonds. The second-order valence-corrected chi connectivity index (χ2v) is 11.0. The summed E-state index contributed by atoms with van der Waals surface area (Å²) in [5.74, 6) is -0.592. The summed E-state index contributed by atoms with van der Waals surface area (Å²) in [5.41, 5.74) is 4.46. The highest BCUT2D eigenvalue weighted by Gasteiger charge is 2.34. The van der Waals surface area contributed by atoms with Gasteiger partial charge in [0, 0.05) is 37.9 Å². The Kier molecular flexibility index (Phi) is 6.59. The third-order valence-electron chi connectivity index (χ3n) is 6.59. The maximum atomic E-state index is 13.4. The zero-order chi connectivity index (χ0) is 23.8. The molecule has 176 valence electrons. The van der Waals surface area contributed by atoms with Crippen LogP contribution in [0.25, 0.3) is 0 Å². The van der Waals surface area contributed by atoms with Crippen LogP contribution in [0.2, 0.25) is 0 Å². The van der Waals surface area contributed by atoms with E-state index in [0.29, 0.717) is 25.9 Å². The van der Waals surface area contributed by atoms with Crippen LogP contribution in [-0.4, -0.2) is 44.2 Å². The van der Waals surface area contributed by atoms with E-state index in [-0.39, 0.29) is 23.3 Å². The highest BCUT2D eigenvalue weighted by molar-refractivity contribution is 7.89. The van der Waals surface area contributed by atoms with Crippen molar-refractivity contribution in [3.63, 3.8) is 0 Å². The van der Waals surface area contributed by atoms with Crippen LogP contribution in [0, 0.1) is 19.8 Å². The quantitative estimate of drug-likeness (QED) is 0.741. The molecule has 0 radical (unpaired) electrons. The molecule has 2 aromatic carbocycles. The number of hydrogen-bond acceptors (Lipinski definition) is 4. The topological polar surface area (TPSA) is 86.8 Å². The fourth-order valence-electron chi connectivity index (χ4n) is 4.69. The molecular weight excluding hydrogens is 438 g/mol. The average Bonchev–Trinajstić information content (AvgIpc) is 2.80. The predicted octanol–water partition coefficient (Wildman–Crippen LogP) is 3.64. The summed E-state index contributed by atoms with van der Waals surface area (Å²) >= 11 is 0. The molecule has 0 saturated carbocycles. The predicted molar refractivity (Wildman–Crippen MR) is 129 cm³/mol. The smallest absolute Gasteiger partial charge is 0.243 e. The van der Waals surface area contributed by atoms with Gasteiger partial charge in [-0.3, -0.25) is 9.59 Å². The van der Waals surface area contributed by atoms with E-state index in [0.717, 1.165) is 40.9 Å². The van der Waals surface area contributed by atoms with E-state index >= 15 is 0 Å². The number of amides is 2. The van der Waals surface area contributed by atoms with Gasteiger partial charge in [-0.25, -0.2) is 8.42 Å². The van der Waals surface area contributed by atoms with Crippen molar-refractivity contribution in [1.29, 1.82) is 0 Å². The molecule has 0 aromatic heterocycles. The number of fused-ring (bicyclic) bond motifs is 1. The van der Waals surface area contributed by atoms with Gasteiger partial charge in [0.25, 0.3) is 0 Å². The van der Waals surface area contributed by atoms with Crippen LogP contribution in [0.1, 0.15) is 42.9 Å². The van der Waals surface area contributed by atoms with E-state index < -0.39 is 15.9 Å². The van der Waals surface area contributed by atoms with Crippen molar-refractivity contribution in [3.05, 3.63) is 53.1 Å². The van der Waals surface area contributed by atoms with Crippen LogP contribution in [0.15, 0.2) is 41.3 Å². The maximum Gasteiger partial charge on any atom is 0.243 e. The van der Waals surface area contributed by atoms with Crippen molar-refractivity contribution in [2.45, 2.75) is 51.3 Å². The van der Waals surface area contributed by atoms with Crippen molar-refractivity contribution in [1.82, 2.24) is 4.31 Å². The van der Waals surface area contributed by atoms with Crippen molar-refractivity contribution in [2.24, 2.45) is 5.92 Å². The molecule has 0 spiro atoms. The summed E-state index contributed by atoms with van der Waals surface area (Å²) in [7, 11) is -3.74. The van der Waals surface area contributed by atoms with Crippen LogP contribution in [-0.2, 0) is 26.0 Å². The Bertz CT molecular complexity index is 1190. The number of carbonyl (C=O) groups is 2. The molecule has 1 fully saturated rings. The Labute approximate surface area is 195 Å². The molecule has 2 aliphatic heterocycles. The third-order valence-corrected chi connectivity index (χ3v) is 8.45. The van der Waals surface area contributed by atoms with Gasteiger partial charge in [0.1, 0.15) is 0 Å². The number of anilines is 2. The Morgan fingerprint density at radius 2 is 1.82 bits per heavy atom. The number of sulfonamides is 1. The van der Waals surface area contributed by atoms with Crippen molar-refractivity contribution in [3.8, 4) is 0 Å². The molecule has 2 aromatic rings. The first-order chi connectivity index (χ1) is 15.7. The average molecular weight is 470 g/mol. The largest absolute Gasteiger partial charge is 0.326 e. The van der Waals surface area contributed by atoms with E-state index in [9.17, 15) is 18.0 Å². The summed E-state index contributed by atoms with van der Waals surface area (Å²) < 4.78 is 28.3. The van der Waals surface area contributed by atoms with Gasteiger partial charge in [0.15, 0.2) is 0 Å². The van der Waals surface area contributed by atoms with Crippen molar-refractivity contribution < 1.29 is 18.0 Å². The minimum absolute atomic E-state index is 0.0414. The SMILES string of the molecule is CC(=O)N1CCCc2cc(S(=O)(=O)N3CCC[C@@H](C(=O)Nc4cc(C)ccc4C)C3)ccc21. The first-order valence-corrected chi connectivity index (χ1v) is 12.9. The van der Waals surface area contributed by atoms with Gasteiger partial charge >= 0.3 is 0 Å². The Hall–Kier alpha value is -2.71. The van der Waals surface area contributed by atoms with E-state index in [1.807, 2.05) is 32.0 Å². The third kappa shape index (κ3) is 4.82. The summed E-state index contributed by atoms with van der Waals surface area (Å²) in [4.78, 5) is 26.8. The van der Waals surface area contributed by atoms with E-state index in [2.05, 4.69) is 5.32 Å². The lowest BCUT2D eigenvalue weighted by atomic mass is 9.98. The molecule has 0 unspecified atom stereocenters. The Balaban J connectivity index is 1.52. The summed E-state index contributed by atoms with van der Waals surface area (Å²) in [6.45, 7) is 6.64. The number of nitrogens with one attached hydrogen (secondary N) is 1. The van der Waals surface area contributed by atoms with Gasteiger partial charge in [-0.15, -0.1) is 0 Å². The van der Waals surface area contributed by atoms with E-state index in [4.69, 9.17) is 0 Å². The molecule has 2 heterocycles. The van der Waals surface area contributed by atoms with Crippen LogP contribution in [0.5, 0.6) is 0 Å². The normalized spacial score (nSPS) is 19.1. The number of hydrogen-bond donors (Lipinski definition) is 1. The van der Waals surface area contributed by atoms with Gasteiger partial charge < -0.3 is 10.2 Å². The number of rotatable bonds is 4. The molecule has 0 aliphatic carbocycles. The summed E-state index contributed by atoms with van der Waals surface area (Å²) in [6, 6.07) is 10.9. The monoisotopic (exact) mass is 469 g/mol. The molecule has 1 atom stereocenters. The van der Waals surface area contributed by atoms with Gasteiger partial charge in [-0.05, 0) is 80.5 Å². The second-order valence-electron chi connectivity index (χ2n) is 9.07. The number of nitrogens with zero attached hydrogens (tertiary/aromatic N) is 2. The van der Waals surface area contributed by atoms with Gasteiger partial charge in [-0.1, -0.05) is 12.1 Å². The standard InChI is InChI=1S/C25H31N3O4S/c1-17-8-9-18(2)23(14-17)26-25(30)21-7-4-12-27(16-21)33(31,32)22-10-11-24-20(15-22)6-5-13-28(24)19(3)29/h8-11,14-15,21H,4-7,12-13,16H2,1-3H3,(H,26,30)/t21-/m1/s1. The first-order valence-electron chi connectivity index (χ1n) is 11.5. The van der Waals surface area contributed by atoms with Gasteiger partial charge in [0.2, 0.25) is 21.8 Å². The second kappa shape index (κ2) is 9.27. The van der Waals surface area contributed by atoms with Crippen molar-refractivity contribution >= 4 is 33.2 Å². The molecule has 8 heteroatoms. The minimum atomic E-state index is -3.74. The van der Waals surface area contributed by atoms with Gasteiger partial charge in [-0.2, -0.15) is 4.31 Å². The van der Waals surface area contributed by atoms with E-state index in [1.165, 1.54) is 11.2 Å². The Morgan fingerprint density at radius 3 is 2.58 bits per heavy atom. The number of aryl methyl sites for hydroxylation is 3. The highest BCUT2D eigenvalue weighted by atomic mass is 32.2.